The summed E-state index contributed by atoms with van der Waals surface area (Å²) < 4.78 is 0. The third kappa shape index (κ3) is 2.25. The molecule has 3 heteroatoms. The Labute approximate surface area is 118 Å². The minimum absolute atomic E-state index is 0.641. The fourth-order valence-electron chi connectivity index (χ4n) is 2.83. The first kappa shape index (κ1) is 12.6. The van der Waals surface area contributed by atoms with Crippen LogP contribution in [0.25, 0.3) is 11.4 Å². The van der Waals surface area contributed by atoms with E-state index in [0.29, 0.717) is 5.15 Å². The molecule has 0 amide bonds. The lowest BCUT2D eigenvalue weighted by atomic mass is 9.96. The second kappa shape index (κ2) is 4.93. The summed E-state index contributed by atoms with van der Waals surface area (Å²) >= 11 is 6.35. The third-order valence-electron chi connectivity index (χ3n) is 3.84. The maximum atomic E-state index is 6.35. The topological polar surface area (TPSA) is 25.8 Å². The second-order valence-corrected chi connectivity index (χ2v) is 5.60. The van der Waals surface area contributed by atoms with Crippen molar-refractivity contribution in [2.75, 3.05) is 0 Å². The van der Waals surface area contributed by atoms with E-state index in [2.05, 4.69) is 37.0 Å². The first-order valence-corrected chi connectivity index (χ1v) is 7.16. The molecule has 0 radical (unpaired) electrons. The number of rotatable bonds is 1. The lowest BCUT2D eigenvalue weighted by molar-refractivity contribution is 0.663. The van der Waals surface area contributed by atoms with E-state index in [1.807, 2.05) is 0 Å². The molecule has 0 spiro atoms. The van der Waals surface area contributed by atoms with Gasteiger partial charge in [0.15, 0.2) is 5.82 Å². The SMILES string of the molecule is Cc1cccc(C)c1-c1nc(Cl)c2c(n1)CCCC2. The molecule has 0 aliphatic heterocycles. The van der Waals surface area contributed by atoms with Crippen LogP contribution in [-0.4, -0.2) is 9.97 Å². The maximum Gasteiger partial charge on any atom is 0.161 e. The first-order valence-electron chi connectivity index (χ1n) is 6.78. The molecule has 2 nitrogen and oxygen atoms in total. The Hall–Kier alpha value is -1.41. The Morgan fingerprint density at radius 1 is 1.00 bits per heavy atom. The standard InChI is InChI=1S/C16H17ClN2/c1-10-6-5-7-11(2)14(10)16-18-13-9-4-3-8-12(13)15(17)19-16/h5-7H,3-4,8-9H2,1-2H3. The van der Waals surface area contributed by atoms with Crippen molar-refractivity contribution < 1.29 is 0 Å². The van der Waals surface area contributed by atoms with Crippen LogP contribution in [0.5, 0.6) is 0 Å². The van der Waals surface area contributed by atoms with Gasteiger partial charge in [-0.15, -0.1) is 0 Å². The molecule has 19 heavy (non-hydrogen) atoms. The van der Waals surface area contributed by atoms with Crippen molar-refractivity contribution in [1.82, 2.24) is 9.97 Å². The summed E-state index contributed by atoms with van der Waals surface area (Å²) in [5.41, 5.74) is 5.82. The molecule has 0 bridgehead atoms. The van der Waals surface area contributed by atoms with Crippen molar-refractivity contribution in [2.45, 2.75) is 39.5 Å². The van der Waals surface area contributed by atoms with E-state index >= 15 is 0 Å². The molecule has 0 atom stereocenters. The van der Waals surface area contributed by atoms with E-state index in [1.165, 1.54) is 24.0 Å². The molecule has 0 N–H and O–H groups in total. The van der Waals surface area contributed by atoms with Gasteiger partial charge in [-0.3, -0.25) is 0 Å². The minimum Gasteiger partial charge on any atom is -0.233 e. The first-order chi connectivity index (χ1) is 9.16. The predicted molar refractivity (Wildman–Crippen MR) is 78.6 cm³/mol. The van der Waals surface area contributed by atoms with Gasteiger partial charge in [-0.05, 0) is 50.7 Å². The number of hydrogen-bond acceptors (Lipinski definition) is 2. The number of benzene rings is 1. The van der Waals surface area contributed by atoms with Crippen LogP contribution in [0.3, 0.4) is 0 Å². The summed E-state index contributed by atoms with van der Waals surface area (Å²) in [5.74, 6) is 0.779. The number of halogens is 1. The number of nitrogens with zero attached hydrogens (tertiary/aromatic N) is 2. The van der Waals surface area contributed by atoms with Crippen LogP contribution in [0.2, 0.25) is 5.15 Å². The quantitative estimate of drug-likeness (QED) is 0.724. The Bertz CT molecular complexity index is 615. The molecule has 1 aromatic carbocycles. The summed E-state index contributed by atoms with van der Waals surface area (Å²) in [4.78, 5) is 9.30. The van der Waals surface area contributed by atoms with Crippen molar-refractivity contribution in [3.05, 3.63) is 45.7 Å². The Morgan fingerprint density at radius 2 is 1.68 bits per heavy atom. The predicted octanol–water partition coefficient (Wildman–Crippen LogP) is 4.29. The average molecular weight is 273 g/mol. The molecule has 0 unspecified atom stereocenters. The number of aromatic nitrogens is 2. The van der Waals surface area contributed by atoms with E-state index in [9.17, 15) is 0 Å². The molecule has 1 heterocycles. The zero-order valence-corrected chi connectivity index (χ0v) is 12.1. The number of hydrogen-bond donors (Lipinski definition) is 0. The third-order valence-corrected chi connectivity index (χ3v) is 4.15. The molecular weight excluding hydrogens is 256 g/mol. The molecule has 0 saturated carbocycles. The molecule has 2 aromatic rings. The fourth-order valence-corrected chi connectivity index (χ4v) is 3.11. The average Bonchev–Trinajstić information content (AvgIpc) is 2.38. The van der Waals surface area contributed by atoms with Gasteiger partial charge in [-0.2, -0.15) is 0 Å². The summed E-state index contributed by atoms with van der Waals surface area (Å²) in [6.07, 6.45) is 4.43. The Morgan fingerprint density at radius 3 is 2.42 bits per heavy atom. The molecule has 98 valence electrons. The fraction of sp³-hybridized carbons (Fsp3) is 0.375. The number of aryl methyl sites for hydroxylation is 3. The Kier molecular flexibility index (Phi) is 3.28. The van der Waals surface area contributed by atoms with Crippen LogP contribution in [0.1, 0.15) is 35.2 Å². The molecule has 1 aliphatic carbocycles. The molecule has 0 fully saturated rings. The monoisotopic (exact) mass is 272 g/mol. The van der Waals surface area contributed by atoms with Gasteiger partial charge in [0, 0.05) is 16.8 Å². The van der Waals surface area contributed by atoms with Crippen molar-refractivity contribution in [3.8, 4) is 11.4 Å². The lowest BCUT2D eigenvalue weighted by Crippen LogP contribution is -2.09. The van der Waals surface area contributed by atoms with Gasteiger partial charge < -0.3 is 0 Å². The molecule has 0 saturated heterocycles. The maximum absolute atomic E-state index is 6.35. The van der Waals surface area contributed by atoms with E-state index in [0.717, 1.165) is 35.5 Å². The number of fused-ring (bicyclic) bond motifs is 1. The van der Waals surface area contributed by atoms with Crippen molar-refractivity contribution in [3.63, 3.8) is 0 Å². The van der Waals surface area contributed by atoms with Crippen LogP contribution in [0, 0.1) is 13.8 Å². The van der Waals surface area contributed by atoms with Gasteiger partial charge >= 0.3 is 0 Å². The van der Waals surface area contributed by atoms with Crippen LogP contribution in [-0.2, 0) is 12.8 Å². The van der Waals surface area contributed by atoms with Gasteiger partial charge in [0.1, 0.15) is 5.15 Å². The van der Waals surface area contributed by atoms with Gasteiger partial charge in [-0.1, -0.05) is 29.8 Å². The molecule has 1 aliphatic rings. The highest BCUT2D eigenvalue weighted by atomic mass is 35.5. The summed E-state index contributed by atoms with van der Waals surface area (Å²) in [6.45, 7) is 4.19. The van der Waals surface area contributed by atoms with E-state index in [-0.39, 0.29) is 0 Å². The van der Waals surface area contributed by atoms with Gasteiger partial charge in [0.05, 0.1) is 0 Å². The summed E-state index contributed by atoms with van der Waals surface area (Å²) in [7, 11) is 0. The summed E-state index contributed by atoms with van der Waals surface area (Å²) in [6, 6.07) is 6.26. The van der Waals surface area contributed by atoms with Gasteiger partial charge in [0.2, 0.25) is 0 Å². The van der Waals surface area contributed by atoms with E-state index in [1.54, 1.807) is 0 Å². The van der Waals surface area contributed by atoms with Crippen LogP contribution >= 0.6 is 11.6 Å². The van der Waals surface area contributed by atoms with E-state index in [4.69, 9.17) is 16.6 Å². The smallest absolute Gasteiger partial charge is 0.161 e. The second-order valence-electron chi connectivity index (χ2n) is 5.24. The van der Waals surface area contributed by atoms with Crippen LogP contribution in [0.4, 0.5) is 0 Å². The van der Waals surface area contributed by atoms with Crippen LogP contribution < -0.4 is 0 Å². The largest absolute Gasteiger partial charge is 0.233 e. The normalized spacial score (nSPS) is 14.3. The van der Waals surface area contributed by atoms with Crippen molar-refractivity contribution in [2.24, 2.45) is 0 Å². The Balaban J connectivity index is 2.19. The molecule has 1 aromatic heterocycles. The van der Waals surface area contributed by atoms with Crippen molar-refractivity contribution in [1.29, 1.82) is 0 Å². The van der Waals surface area contributed by atoms with Crippen LogP contribution in [0.15, 0.2) is 18.2 Å². The molecule has 3 rings (SSSR count). The summed E-state index contributed by atoms with van der Waals surface area (Å²) in [5, 5.41) is 0.641. The van der Waals surface area contributed by atoms with Crippen molar-refractivity contribution >= 4 is 11.6 Å². The van der Waals surface area contributed by atoms with Gasteiger partial charge in [0.25, 0.3) is 0 Å². The highest BCUT2D eigenvalue weighted by Gasteiger charge is 2.18. The van der Waals surface area contributed by atoms with Gasteiger partial charge in [-0.25, -0.2) is 9.97 Å². The lowest BCUT2D eigenvalue weighted by Gasteiger charge is -2.17. The zero-order chi connectivity index (χ0) is 13.4. The highest BCUT2D eigenvalue weighted by molar-refractivity contribution is 6.30. The highest BCUT2D eigenvalue weighted by Crippen LogP contribution is 2.30. The molecular formula is C16H17ClN2. The minimum atomic E-state index is 0.641. The zero-order valence-electron chi connectivity index (χ0n) is 11.3. The van der Waals surface area contributed by atoms with E-state index < -0.39 is 0 Å².